The highest BCUT2D eigenvalue weighted by atomic mass is 32.2. The molecule has 0 radical (unpaired) electrons. The average molecular weight is 1670 g/mol. The van der Waals surface area contributed by atoms with Crippen LogP contribution in [0.1, 0.15) is 54.0 Å². The van der Waals surface area contributed by atoms with E-state index >= 15 is 0 Å². The van der Waals surface area contributed by atoms with E-state index in [0.717, 1.165) is 163 Å². The van der Waals surface area contributed by atoms with E-state index in [-0.39, 0.29) is 26.6 Å². The molecule has 0 aliphatic rings. The molecule has 34 nitrogen and oxygen atoms in total. The van der Waals surface area contributed by atoms with Crippen LogP contribution in [0, 0.1) is 0 Å². The minimum absolute atomic E-state index is 0.0332. The van der Waals surface area contributed by atoms with Gasteiger partial charge >= 0.3 is 0 Å². The molecule has 0 saturated carbocycles. The normalized spacial score (nSPS) is 12.0. The summed E-state index contributed by atoms with van der Waals surface area (Å²) in [4.78, 5) is 71.4. The second kappa shape index (κ2) is 29.4. The van der Waals surface area contributed by atoms with Crippen LogP contribution in [0.2, 0.25) is 0 Å². The Balaban J connectivity index is 0.000000102. The second-order valence-corrected chi connectivity index (χ2v) is 35.0. The van der Waals surface area contributed by atoms with Gasteiger partial charge in [-0.3, -0.25) is 44.7 Å². The molecule has 39 heteroatoms. The lowest BCUT2D eigenvalue weighted by atomic mass is 10.1. The fraction of sp³-hybridized carbons (Fsp3) is 0.150. The van der Waals surface area contributed by atoms with Crippen molar-refractivity contribution in [3.05, 3.63) is 273 Å². The molecule has 23 aromatic rings. The summed E-state index contributed by atoms with van der Waals surface area (Å²) in [6.45, 7) is 1.43. The molecule has 23 rings (SSSR count). The van der Waals surface area contributed by atoms with Crippen LogP contribution in [0.5, 0.6) is 0 Å². The molecule has 0 fully saturated rings. The van der Waals surface area contributed by atoms with Crippen molar-refractivity contribution in [3.63, 3.8) is 0 Å². The number of nitrogens with zero attached hydrogens (tertiary/aromatic N) is 22. The topological polar surface area (TPSA) is 414 Å². The number of rotatable bonds is 15. The summed E-state index contributed by atoms with van der Waals surface area (Å²) in [5.74, 6) is 0. The van der Waals surface area contributed by atoms with Gasteiger partial charge in [0.25, 0.3) is 22.2 Å². The van der Waals surface area contributed by atoms with Gasteiger partial charge in [-0.2, -0.15) is 45.9 Å². The Kier molecular flexibility index (Phi) is 18.1. The molecule has 0 amide bonds. The Labute approximate surface area is 682 Å². The van der Waals surface area contributed by atoms with E-state index in [1.54, 1.807) is 114 Å². The zero-order valence-electron chi connectivity index (χ0n) is 63.4. The number of sulfone groups is 1. The molecule has 590 valence electrons. The monoisotopic (exact) mass is 1670 g/mol. The minimum atomic E-state index is -3.41. The maximum atomic E-state index is 13.3. The number of hydrogen-bond acceptors (Lipinski definition) is 25. The lowest BCUT2D eigenvalue weighted by Gasteiger charge is -2.07. The Morgan fingerprint density at radius 1 is 0.361 bits per heavy atom. The van der Waals surface area contributed by atoms with Gasteiger partial charge in [-0.25, -0.2) is 47.1 Å². The highest BCUT2D eigenvalue weighted by Gasteiger charge is 2.26. The molecule has 18 aromatic heterocycles. The molecule has 0 aliphatic carbocycles. The molecule has 18 heterocycles. The zero-order chi connectivity index (χ0) is 81.1. The zero-order valence-corrected chi connectivity index (χ0v) is 67.5. The first-order valence-electron chi connectivity index (χ1n) is 37.0. The fourth-order valence-corrected chi connectivity index (χ4v) is 20.6. The first kappa shape index (κ1) is 73.5. The number of hydrogen-bond donors (Lipinski definition) is 5. The van der Waals surface area contributed by atoms with Gasteiger partial charge in [0.15, 0.2) is 22.6 Å². The Hall–Kier alpha value is -14.4. The average Bonchev–Trinajstić information content (AvgIpc) is 1.55. The lowest BCUT2D eigenvalue weighted by molar-refractivity contribution is 0.419. The van der Waals surface area contributed by atoms with Crippen LogP contribution in [0.25, 0.3) is 129 Å². The number of aryl methyl sites for hydroxylation is 4. The van der Waals surface area contributed by atoms with Gasteiger partial charge in [-0.15, -0.1) is 45.3 Å². The van der Waals surface area contributed by atoms with Crippen molar-refractivity contribution < 1.29 is 12.9 Å². The number of aromatic amines is 5. The Bertz CT molecular complexity index is 8040. The fourth-order valence-electron chi connectivity index (χ4n) is 15.2. The van der Waals surface area contributed by atoms with Crippen molar-refractivity contribution in [2.75, 3.05) is 6.26 Å². The molecule has 0 unspecified atom stereocenters. The van der Waals surface area contributed by atoms with Crippen molar-refractivity contribution >= 4 is 184 Å². The van der Waals surface area contributed by atoms with Crippen molar-refractivity contribution in [1.29, 1.82) is 0 Å². The second-order valence-electron chi connectivity index (χ2n) is 28.5. The van der Waals surface area contributed by atoms with Crippen molar-refractivity contribution in [2.45, 2.75) is 49.8 Å². The number of aromatic nitrogens is 27. The molecule has 0 bridgehead atoms. The molecule has 0 aliphatic heterocycles. The van der Waals surface area contributed by atoms with Crippen molar-refractivity contribution in [3.8, 4) is 0 Å². The summed E-state index contributed by atoms with van der Waals surface area (Å²) in [6.07, 6.45) is 24.2. The Morgan fingerprint density at radius 3 is 1.04 bits per heavy atom. The summed E-state index contributed by atoms with van der Waals surface area (Å²) in [6, 6.07) is 33.7. The summed E-state index contributed by atoms with van der Waals surface area (Å²) in [5, 5.41) is 66.4. The number of fused-ring (bicyclic) bond motifs is 16. The third-order valence-electron chi connectivity index (χ3n) is 21.1. The first-order chi connectivity index (χ1) is 57.9. The third-order valence-corrected chi connectivity index (χ3v) is 27.0. The minimum Gasteiger partial charge on any atom is -0.364 e. The highest BCUT2D eigenvalue weighted by Crippen LogP contribution is 2.37. The van der Waals surface area contributed by atoms with Crippen LogP contribution in [0.15, 0.2) is 206 Å². The first-order valence-corrected chi connectivity index (χ1v) is 42.2. The van der Waals surface area contributed by atoms with Crippen molar-refractivity contribution in [1.82, 2.24) is 133 Å². The molecule has 0 spiro atoms. The van der Waals surface area contributed by atoms with E-state index in [9.17, 15) is 27.6 Å². The van der Waals surface area contributed by atoms with Gasteiger partial charge in [-0.1, -0.05) is 84.0 Å². The predicted molar refractivity (Wildman–Crippen MR) is 456 cm³/mol. The van der Waals surface area contributed by atoms with Crippen LogP contribution in [-0.4, -0.2) is 148 Å². The standard InChI is InChI=1S/C23H18N6OS.C20H16N8OS.C20H15N7O2S.C17H14N6O3S2/c1-28-20-17(21-22(28)26-19(31-21)10-14-6-3-2-4-7-14)12-25-29(23(20)30)13-15-8-5-9-18-16(15)11-24-27-18;1-27-17-14(18-19(27)25-16(30-18)5-11-6-21-22-7-11)9-24-28(20(17)29)10-12-3-2-4-15-13(12)8-23-26-15;1-26-17-14(18-19(26)24-16(30-18)5-11-6-23-29-10-11)8-22-27(20(17)28)9-12-3-2-4-15-13(12)7-21-25-15;1-22-13-11(14-15(22)20-17(27-14)28(2,25)26)7-19-23(16(13)24)8-9-4-3-5-12-10(9)6-18-21-12/h2-9,11-12H,10,13H2,1H3,(H,24,27);2-4,6-9H,5,10H2,1H3,(H,21,22)(H,23,26);2-4,6-8,10H,5,9H2,1H3,(H,21,25);3-7H,8H2,1-2H3,(H,18,21). The summed E-state index contributed by atoms with van der Waals surface area (Å²) in [5.41, 5.74) is 15.4. The van der Waals surface area contributed by atoms with Crippen LogP contribution in [0.3, 0.4) is 0 Å². The lowest BCUT2D eigenvalue weighted by Crippen LogP contribution is -2.24. The molecule has 119 heavy (non-hydrogen) atoms. The van der Waals surface area contributed by atoms with Crippen molar-refractivity contribution in [2.24, 2.45) is 28.2 Å². The van der Waals surface area contributed by atoms with Gasteiger partial charge in [0.1, 0.15) is 43.4 Å². The molecule has 0 saturated heterocycles. The van der Waals surface area contributed by atoms with Gasteiger partial charge in [0.05, 0.1) is 129 Å². The summed E-state index contributed by atoms with van der Waals surface area (Å²) < 4.78 is 45.3. The third kappa shape index (κ3) is 13.1. The van der Waals surface area contributed by atoms with E-state index in [4.69, 9.17) is 19.5 Å². The number of benzene rings is 5. The number of thiazole rings is 4. The van der Waals surface area contributed by atoms with E-state index in [2.05, 4.69) is 93.7 Å². The largest absolute Gasteiger partial charge is 0.364 e. The van der Waals surface area contributed by atoms with Gasteiger partial charge in [-0.05, 0) is 57.6 Å². The predicted octanol–water partition coefficient (Wildman–Crippen LogP) is 11.0. The summed E-state index contributed by atoms with van der Waals surface area (Å²) in [7, 11) is 3.95. The van der Waals surface area contributed by atoms with Crippen LogP contribution in [-0.2, 0) is 83.5 Å². The van der Waals surface area contributed by atoms with E-state index in [1.165, 1.54) is 24.3 Å². The van der Waals surface area contributed by atoms with Gasteiger partial charge < -0.3 is 22.8 Å². The van der Waals surface area contributed by atoms with E-state index in [1.807, 2.05) is 132 Å². The van der Waals surface area contributed by atoms with E-state index in [0.29, 0.717) is 76.8 Å². The maximum absolute atomic E-state index is 13.3. The van der Waals surface area contributed by atoms with E-state index < -0.39 is 9.84 Å². The molecule has 0 atom stereocenters. The number of nitrogens with one attached hydrogen (secondary N) is 5. The Morgan fingerprint density at radius 2 is 0.706 bits per heavy atom. The highest BCUT2D eigenvalue weighted by molar-refractivity contribution is 7.92. The maximum Gasteiger partial charge on any atom is 0.291 e. The smallest absolute Gasteiger partial charge is 0.291 e. The van der Waals surface area contributed by atoms with Crippen LogP contribution in [0.4, 0.5) is 0 Å². The molecular weight excluding hydrogens is 1610 g/mol. The van der Waals surface area contributed by atoms with Crippen LogP contribution < -0.4 is 22.2 Å². The van der Waals surface area contributed by atoms with Crippen LogP contribution >= 0.6 is 45.3 Å². The number of H-pyrrole nitrogens is 5. The van der Waals surface area contributed by atoms with Gasteiger partial charge in [0, 0.05) is 109 Å². The quantitative estimate of drug-likeness (QED) is 0.0636. The summed E-state index contributed by atoms with van der Waals surface area (Å²) >= 11 is 5.85. The SMILES string of the molecule is Cn1c2nc(Cc3ccccc3)sc2c2cnn(Cc3cccc4[nH]ncc34)c(=O)c21.Cn1c2nc(Cc3cn[nH]c3)sc2c2cnn(Cc3cccc4[nH]ncc34)c(=O)c21.Cn1c2nc(Cc3cnoc3)sc2c2cnn(Cc3cccc4[nH]ncc34)c(=O)c21.Cn1c2nc(S(C)(=O)=O)sc2c2cnn(Cc3cccc4[nH]ncc34)c(=O)c21. The molecule has 5 N–H and O–H groups in total. The van der Waals surface area contributed by atoms with Gasteiger partial charge in [0.2, 0.25) is 14.2 Å². The molecule has 5 aromatic carbocycles. The molecular formula is C80H63N27O7S5.